The van der Waals surface area contributed by atoms with Crippen molar-refractivity contribution in [1.82, 2.24) is 4.98 Å². The second kappa shape index (κ2) is 4.94. The zero-order valence-corrected chi connectivity index (χ0v) is 10.8. The standard InChI is InChI=1S/C13H12FNO2S/c1-7-3-9(14)5-10-11(18-6-12(16)17)4-8(2)15-13(7)10/h3-5H,6H2,1-2H3,(H,16,17). The van der Waals surface area contributed by atoms with E-state index >= 15 is 0 Å². The minimum absolute atomic E-state index is 0.0475. The molecule has 5 heteroatoms. The van der Waals surface area contributed by atoms with Gasteiger partial charge in [-0.25, -0.2) is 4.39 Å². The summed E-state index contributed by atoms with van der Waals surface area (Å²) in [5, 5.41) is 9.39. The number of aryl methyl sites for hydroxylation is 2. The Morgan fingerprint density at radius 1 is 1.39 bits per heavy atom. The maximum absolute atomic E-state index is 13.4. The molecule has 0 aliphatic rings. The van der Waals surface area contributed by atoms with Gasteiger partial charge >= 0.3 is 5.97 Å². The normalized spacial score (nSPS) is 10.8. The fraction of sp³-hybridized carbons (Fsp3) is 0.231. The molecule has 0 spiro atoms. The molecule has 2 rings (SSSR count). The molecular weight excluding hydrogens is 253 g/mol. The third kappa shape index (κ3) is 2.61. The molecule has 0 unspecified atom stereocenters. The lowest BCUT2D eigenvalue weighted by molar-refractivity contribution is -0.133. The van der Waals surface area contributed by atoms with Crippen LogP contribution in [0.1, 0.15) is 11.3 Å². The second-order valence-corrected chi connectivity index (χ2v) is 5.08. The number of fused-ring (bicyclic) bond motifs is 1. The third-order valence-corrected chi connectivity index (χ3v) is 3.55. The van der Waals surface area contributed by atoms with Crippen LogP contribution in [0.4, 0.5) is 4.39 Å². The SMILES string of the molecule is Cc1cc(SCC(=O)O)c2cc(F)cc(C)c2n1. The number of hydrogen-bond donors (Lipinski definition) is 1. The van der Waals surface area contributed by atoms with E-state index in [0.29, 0.717) is 5.39 Å². The van der Waals surface area contributed by atoms with E-state index < -0.39 is 5.97 Å². The predicted octanol–water partition coefficient (Wildman–Crippen LogP) is 3.17. The van der Waals surface area contributed by atoms with E-state index in [1.807, 2.05) is 6.92 Å². The van der Waals surface area contributed by atoms with Crippen LogP contribution in [0, 0.1) is 19.7 Å². The number of pyridine rings is 1. The first-order valence-corrected chi connectivity index (χ1v) is 6.38. The van der Waals surface area contributed by atoms with Crippen molar-refractivity contribution in [2.45, 2.75) is 18.7 Å². The lowest BCUT2D eigenvalue weighted by Gasteiger charge is -2.08. The Balaban J connectivity index is 2.60. The molecule has 1 N–H and O–H groups in total. The molecule has 94 valence electrons. The van der Waals surface area contributed by atoms with Crippen molar-refractivity contribution in [3.8, 4) is 0 Å². The lowest BCUT2D eigenvalue weighted by atomic mass is 10.1. The van der Waals surface area contributed by atoms with Crippen molar-refractivity contribution in [1.29, 1.82) is 0 Å². The van der Waals surface area contributed by atoms with Crippen LogP contribution in [0.15, 0.2) is 23.1 Å². The third-order valence-electron chi connectivity index (χ3n) is 2.51. The average Bonchev–Trinajstić information content (AvgIpc) is 2.27. The number of nitrogens with zero attached hydrogens (tertiary/aromatic N) is 1. The van der Waals surface area contributed by atoms with E-state index in [4.69, 9.17) is 5.11 Å². The quantitative estimate of drug-likeness (QED) is 0.866. The maximum Gasteiger partial charge on any atom is 0.313 e. The first kappa shape index (κ1) is 12.8. The Bertz CT molecular complexity index is 628. The van der Waals surface area contributed by atoms with E-state index in [1.165, 1.54) is 23.9 Å². The van der Waals surface area contributed by atoms with Gasteiger partial charge in [-0.3, -0.25) is 9.78 Å². The van der Waals surface area contributed by atoms with Gasteiger partial charge in [0.2, 0.25) is 0 Å². The van der Waals surface area contributed by atoms with Crippen LogP contribution in [0.5, 0.6) is 0 Å². The van der Waals surface area contributed by atoms with Crippen LogP contribution in [-0.2, 0) is 4.79 Å². The number of benzene rings is 1. The van der Waals surface area contributed by atoms with Crippen LogP contribution in [0.2, 0.25) is 0 Å². The Labute approximate surface area is 108 Å². The summed E-state index contributed by atoms with van der Waals surface area (Å²) in [6, 6.07) is 4.62. The summed E-state index contributed by atoms with van der Waals surface area (Å²) in [4.78, 5) is 15.7. The highest BCUT2D eigenvalue weighted by molar-refractivity contribution is 8.00. The highest BCUT2D eigenvalue weighted by Crippen LogP contribution is 2.30. The Kier molecular flexibility index (Phi) is 3.52. The summed E-state index contributed by atoms with van der Waals surface area (Å²) in [5.41, 5.74) is 2.28. The molecule has 0 saturated carbocycles. The largest absolute Gasteiger partial charge is 0.481 e. The van der Waals surface area contributed by atoms with E-state index in [0.717, 1.165) is 21.7 Å². The average molecular weight is 265 g/mol. The fourth-order valence-electron chi connectivity index (χ4n) is 1.81. The van der Waals surface area contributed by atoms with Crippen LogP contribution >= 0.6 is 11.8 Å². The van der Waals surface area contributed by atoms with Gasteiger partial charge in [0, 0.05) is 16.0 Å². The van der Waals surface area contributed by atoms with Gasteiger partial charge in [0.15, 0.2) is 0 Å². The van der Waals surface area contributed by atoms with Gasteiger partial charge in [0.25, 0.3) is 0 Å². The Morgan fingerprint density at radius 3 is 2.78 bits per heavy atom. The summed E-state index contributed by atoms with van der Waals surface area (Å²) >= 11 is 1.18. The molecule has 0 saturated heterocycles. The van der Waals surface area contributed by atoms with Crippen molar-refractivity contribution in [2.24, 2.45) is 0 Å². The number of aromatic nitrogens is 1. The Morgan fingerprint density at radius 2 is 2.11 bits per heavy atom. The minimum Gasteiger partial charge on any atom is -0.481 e. The number of halogens is 1. The molecule has 0 radical (unpaired) electrons. The number of carboxylic acids is 1. The van der Waals surface area contributed by atoms with Crippen LogP contribution in [0.3, 0.4) is 0 Å². The van der Waals surface area contributed by atoms with E-state index in [1.54, 1.807) is 13.0 Å². The van der Waals surface area contributed by atoms with Gasteiger partial charge in [0.05, 0.1) is 11.3 Å². The first-order valence-electron chi connectivity index (χ1n) is 5.39. The van der Waals surface area contributed by atoms with Gasteiger partial charge in [-0.05, 0) is 37.6 Å². The van der Waals surface area contributed by atoms with E-state index in [9.17, 15) is 9.18 Å². The zero-order valence-electron chi connectivity index (χ0n) is 10.0. The summed E-state index contributed by atoms with van der Waals surface area (Å²) in [6.07, 6.45) is 0. The number of aliphatic carboxylic acids is 1. The highest BCUT2D eigenvalue weighted by Gasteiger charge is 2.10. The highest BCUT2D eigenvalue weighted by atomic mass is 32.2. The summed E-state index contributed by atoms with van der Waals surface area (Å²) < 4.78 is 13.4. The van der Waals surface area contributed by atoms with Gasteiger partial charge < -0.3 is 5.11 Å². The molecule has 0 bridgehead atoms. The topological polar surface area (TPSA) is 50.2 Å². The zero-order chi connectivity index (χ0) is 13.3. The minimum atomic E-state index is -0.893. The number of rotatable bonds is 3. The van der Waals surface area contributed by atoms with Crippen LogP contribution in [-0.4, -0.2) is 21.8 Å². The van der Waals surface area contributed by atoms with Crippen LogP contribution < -0.4 is 0 Å². The van der Waals surface area contributed by atoms with Gasteiger partial charge in [0.1, 0.15) is 5.82 Å². The van der Waals surface area contributed by atoms with Gasteiger partial charge in [-0.1, -0.05) is 0 Å². The van der Waals surface area contributed by atoms with Gasteiger partial charge in [-0.15, -0.1) is 11.8 Å². The summed E-state index contributed by atoms with van der Waals surface area (Å²) in [6.45, 7) is 3.64. The van der Waals surface area contributed by atoms with Crippen molar-refractivity contribution >= 4 is 28.6 Å². The molecule has 0 amide bonds. The molecular formula is C13H12FNO2S. The fourth-order valence-corrected chi connectivity index (χ4v) is 2.65. The molecule has 1 aromatic heterocycles. The maximum atomic E-state index is 13.4. The molecule has 0 fully saturated rings. The molecule has 2 aromatic rings. The molecule has 1 heterocycles. The molecule has 0 atom stereocenters. The smallest absolute Gasteiger partial charge is 0.313 e. The molecule has 18 heavy (non-hydrogen) atoms. The predicted molar refractivity (Wildman–Crippen MR) is 69.5 cm³/mol. The molecule has 0 aliphatic heterocycles. The summed E-state index contributed by atoms with van der Waals surface area (Å²) in [5.74, 6) is -1.27. The summed E-state index contributed by atoms with van der Waals surface area (Å²) in [7, 11) is 0. The van der Waals surface area contributed by atoms with Crippen molar-refractivity contribution in [3.05, 3.63) is 35.3 Å². The first-order chi connectivity index (χ1) is 8.47. The number of carbonyl (C=O) groups is 1. The van der Waals surface area contributed by atoms with Crippen molar-refractivity contribution < 1.29 is 14.3 Å². The van der Waals surface area contributed by atoms with Crippen molar-refractivity contribution in [2.75, 3.05) is 5.75 Å². The second-order valence-electron chi connectivity index (χ2n) is 4.06. The number of hydrogen-bond acceptors (Lipinski definition) is 3. The van der Waals surface area contributed by atoms with E-state index in [2.05, 4.69) is 4.98 Å². The van der Waals surface area contributed by atoms with Crippen molar-refractivity contribution in [3.63, 3.8) is 0 Å². The Hall–Kier alpha value is -1.62. The van der Waals surface area contributed by atoms with Gasteiger partial charge in [-0.2, -0.15) is 0 Å². The number of thioether (sulfide) groups is 1. The van der Waals surface area contributed by atoms with E-state index in [-0.39, 0.29) is 11.6 Å². The lowest BCUT2D eigenvalue weighted by Crippen LogP contribution is -1.98. The molecule has 0 aliphatic carbocycles. The van der Waals surface area contributed by atoms with Crippen LogP contribution in [0.25, 0.3) is 10.9 Å². The number of carboxylic acid groups (broad SMARTS) is 1. The monoisotopic (exact) mass is 265 g/mol. The molecule has 1 aromatic carbocycles. The molecule has 3 nitrogen and oxygen atoms in total.